The Kier molecular flexibility index (Phi) is 2.18. The first-order valence-electron chi connectivity index (χ1n) is 5.77. The molecule has 0 aromatic heterocycles. The smallest absolute Gasteiger partial charge is 0.0107 e. The zero-order valence-corrected chi connectivity index (χ0v) is 9.51. The summed E-state index contributed by atoms with van der Waals surface area (Å²) < 4.78 is 0. The molecule has 1 heteroatoms. The largest absolute Gasteiger partial charge is 0.295 e. The Morgan fingerprint density at radius 3 is 1.92 bits per heavy atom. The van der Waals surface area contributed by atoms with E-state index in [2.05, 4.69) is 32.6 Å². The van der Waals surface area contributed by atoms with Gasteiger partial charge in [0.1, 0.15) is 0 Å². The minimum absolute atomic E-state index is 0.608. The summed E-state index contributed by atoms with van der Waals surface area (Å²) in [5.41, 5.74) is 0.608. The van der Waals surface area contributed by atoms with Gasteiger partial charge >= 0.3 is 0 Å². The van der Waals surface area contributed by atoms with Crippen LogP contribution in [0.3, 0.4) is 0 Å². The molecule has 76 valence electrons. The molecule has 0 radical (unpaired) electrons. The van der Waals surface area contributed by atoms with Crippen LogP contribution in [-0.2, 0) is 0 Å². The summed E-state index contributed by atoms with van der Waals surface area (Å²) in [4.78, 5) is 2.77. The Morgan fingerprint density at radius 2 is 1.54 bits per heavy atom. The molecule has 0 amide bonds. The molecule has 2 aliphatic rings. The van der Waals surface area contributed by atoms with Crippen LogP contribution in [0.25, 0.3) is 0 Å². The van der Waals surface area contributed by atoms with E-state index >= 15 is 0 Å². The third kappa shape index (κ3) is 1.63. The summed E-state index contributed by atoms with van der Waals surface area (Å²) in [6, 6.07) is 2.55. The fourth-order valence-electron chi connectivity index (χ4n) is 3.60. The zero-order chi connectivity index (χ0) is 9.64. The number of hydrogen-bond donors (Lipinski definition) is 0. The highest BCUT2D eigenvalue weighted by Gasteiger charge is 2.44. The van der Waals surface area contributed by atoms with Crippen LogP contribution in [0.5, 0.6) is 0 Å². The zero-order valence-electron chi connectivity index (χ0n) is 9.51. The van der Waals surface area contributed by atoms with Gasteiger partial charge in [-0.1, -0.05) is 13.8 Å². The van der Waals surface area contributed by atoms with Gasteiger partial charge in [-0.15, -0.1) is 0 Å². The maximum absolute atomic E-state index is 2.77. The molecule has 2 aliphatic heterocycles. The van der Waals surface area contributed by atoms with Crippen molar-refractivity contribution in [2.45, 2.75) is 71.5 Å². The van der Waals surface area contributed by atoms with Crippen molar-refractivity contribution >= 4 is 0 Å². The minimum atomic E-state index is 0.608. The van der Waals surface area contributed by atoms with Crippen molar-refractivity contribution in [1.82, 2.24) is 4.90 Å². The van der Waals surface area contributed by atoms with E-state index in [0.29, 0.717) is 5.41 Å². The second-order valence-corrected chi connectivity index (χ2v) is 6.00. The molecule has 2 heterocycles. The van der Waals surface area contributed by atoms with E-state index in [4.69, 9.17) is 0 Å². The van der Waals surface area contributed by atoms with Crippen LogP contribution in [0.15, 0.2) is 0 Å². The molecule has 2 fully saturated rings. The van der Waals surface area contributed by atoms with Gasteiger partial charge in [-0.3, -0.25) is 4.90 Å². The Balaban J connectivity index is 2.13. The molecule has 0 N–H and O–H groups in total. The maximum Gasteiger partial charge on any atom is 0.0107 e. The molecule has 2 rings (SSSR count). The number of fused-ring (bicyclic) bond motifs is 2. The lowest BCUT2D eigenvalue weighted by atomic mass is 9.78. The van der Waals surface area contributed by atoms with Gasteiger partial charge in [-0.05, 0) is 44.9 Å². The third-order valence-electron chi connectivity index (χ3n) is 3.85. The van der Waals surface area contributed by atoms with Crippen LogP contribution in [-0.4, -0.2) is 23.0 Å². The molecule has 0 saturated carbocycles. The molecule has 0 aromatic carbocycles. The van der Waals surface area contributed by atoms with Gasteiger partial charge in [-0.2, -0.15) is 0 Å². The molecular weight excluding hydrogens is 158 g/mol. The molecule has 13 heavy (non-hydrogen) atoms. The van der Waals surface area contributed by atoms with Gasteiger partial charge < -0.3 is 0 Å². The van der Waals surface area contributed by atoms with Crippen LogP contribution < -0.4 is 0 Å². The second-order valence-electron chi connectivity index (χ2n) is 6.00. The van der Waals surface area contributed by atoms with Crippen molar-refractivity contribution in [3.8, 4) is 0 Å². The molecule has 0 spiro atoms. The fourth-order valence-corrected chi connectivity index (χ4v) is 3.60. The Hall–Kier alpha value is -0.0400. The number of nitrogens with zero attached hydrogens (tertiary/aromatic N) is 1. The summed E-state index contributed by atoms with van der Waals surface area (Å²) in [6.45, 7) is 9.58. The van der Waals surface area contributed by atoms with Crippen LogP contribution in [0, 0.1) is 5.41 Å². The van der Waals surface area contributed by atoms with Crippen molar-refractivity contribution < 1.29 is 0 Å². The van der Waals surface area contributed by atoms with Crippen LogP contribution >= 0.6 is 0 Å². The molecule has 2 saturated heterocycles. The van der Waals surface area contributed by atoms with Crippen LogP contribution in [0.1, 0.15) is 53.4 Å². The van der Waals surface area contributed by atoms with E-state index < -0.39 is 0 Å². The highest BCUT2D eigenvalue weighted by Crippen LogP contribution is 2.45. The average molecular weight is 181 g/mol. The van der Waals surface area contributed by atoms with Gasteiger partial charge in [0.2, 0.25) is 0 Å². The highest BCUT2D eigenvalue weighted by atomic mass is 15.2. The maximum atomic E-state index is 2.77. The Morgan fingerprint density at radius 1 is 1.08 bits per heavy atom. The highest BCUT2D eigenvalue weighted by molar-refractivity contribution is 4.99. The normalized spacial score (nSPS) is 38.5. The first-order chi connectivity index (χ1) is 5.99. The topological polar surface area (TPSA) is 3.24 Å². The second kappa shape index (κ2) is 2.98. The van der Waals surface area contributed by atoms with Crippen LogP contribution in [0.4, 0.5) is 0 Å². The third-order valence-corrected chi connectivity index (χ3v) is 3.85. The van der Waals surface area contributed by atoms with Gasteiger partial charge in [0.05, 0.1) is 0 Å². The average Bonchev–Trinajstić information content (AvgIpc) is 2.23. The molecular formula is C12H23N. The molecule has 1 unspecified atom stereocenters. The molecule has 2 atom stereocenters. The van der Waals surface area contributed by atoms with Crippen molar-refractivity contribution in [2.75, 3.05) is 0 Å². The summed E-state index contributed by atoms with van der Waals surface area (Å²) in [5.74, 6) is 0. The fraction of sp³-hybridized carbons (Fsp3) is 1.00. The van der Waals surface area contributed by atoms with Crippen LogP contribution in [0.2, 0.25) is 0 Å². The van der Waals surface area contributed by atoms with Crippen molar-refractivity contribution in [3.63, 3.8) is 0 Å². The molecule has 2 bridgehead atoms. The summed E-state index contributed by atoms with van der Waals surface area (Å²) in [6.07, 6.45) is 5.74. The van der Waals surface area contributed by atoms with Gasteiger partial charge in [0.15, 0.2) is 0 Å². The number of rotatable bonds is 1. The first kappa shape index (κ1) is 9.51. The quantitative estimate of drug-likeness (QED) is 0.601. The number of piperidine rings is 1. The van der Waals surface area contributed by atoms with E-state index in [9.17, 15) is 0 Å². The van der Waals surface area contributed by atoms with Gasteiger partial charge in [0, 0.05) is 18.1 Å². The summed E-state index contributed by atoms with van der Waals surface area (Å²) in [7, 11) is 0. The first-order valence-corrected chi connectivity index (χ1v) is 5.77. The van der Waals surface area contributed by atoms with Crippen molar-refractivity contribution in [2.24, 2.45) is 5.41 Å². The lowest BCUT2D eigenvalue weighted by molar-refractivity contribution is 0.0389. The Labute approximate surface area is 82.5 Å². The molecule has 1 nitrogen and oxygen atoms in total. The molecule has 0 aliphatic carbocycles. The van der Waals surface area contributed by atoms with E-state index in [1.165, 1.54) is 25.7 Å². The van der Waals surface area contributed by atoms with E-state index in [0.717, 1.165) is 18.1 Å². The summed E-state index contributed by atoms with van der Waals surface area (Å²) >= 11 is 0. The lowest BCUT2D eigenvalue weighted by Crippen LogP contribution is -2.48. The predicted octanol–water partition coefficient (Wildman–Crippen LogP) is 3.05. The monoisotopic (exact) mass is 181 g/mol. The van der Waals surface area contributed by atoms with Crippen molar-refractivity contribution in [1.29, 1.82) is 0 Å². The predicted molar refractivity (Wildman–Crippen MR) is 56.8 cm³/mol. The SMILES string of the molecule is CC(C)N1C2CC[C@H]1CC(C)(C)C2. The molecule has 0 aromatic rings. The lowest BCUT2D eigenvalue weighted by Gasteiger charge is -2.45. The van der Waals surface area contributed by atoms with E-state index in [-0.39, 0.29) is 0 Å². The van der Waals surface area contributed by atoms with E-state index in [1.54, 1.807) is 0 Å². The van der Waals surface area contributed by atoms with Gasteiger partial charge in [-0.25, -0.2) is 0 Å². The Bertz CT molecular complexity index is 179. The standard InChI is InChI=1S/C12H23N/c1-9(2)13-10-5-6-11(13)8-12(3,4)7-10/h9-11H,5-8H2,1-4H3/t10-,11?/m0/s1. The van der Waals surface area contributed by atoms with Gasteiger partial charge in [0.25, 0.3) is 0 Å². The summed E-state index contributed by atoms with van der Waals surface area (Å²) in [5, 5.41) is 0. The minimum Gasteiger partial charge on any atom is -0.295 e. The number of hydrogen-bond acceptors (Lipinski definition) is 1. The van der Waals surface area contributed by atoms with E-state index in [1.807, 2.05) is 0 Å². The van der Waals surface area contributed by atoms with Crippen molar-refractivity contribution in [3.05, 3.63) is 0 Å².